The van der Waals surface area contributed by atoms with Gasteiger partial charge in [0.1, 0.15) is 24.3 Å². The highest BCUT2D eigenvalue weighted by atomic mass is 32.2. The Morgan fingerprint density at radius 2 is 2.00 bits per heavy atom. The van der Waals surface area contributed by atoms with Crippen molar-refractivity contribution in [3.63, 3.8) is 0 Å². The van der Waals surface area contributed by atoms with Crippen LogP contribution in [0.5, 0.6) is 0 Å². The molecule has 0 radical (unpaired) electrons. The third kappa shape index (κ3) is 3.54. The second-order valence-corrected chi connectivity index (χ2v) is 5.59. The molecule has 2 heterocycles. The van der Waals surface area contributed by atoms with Gasteiger partial charge in [-0.1, -0.05) is 11.8 Å². The van der Waals surface area contributed by atoms with Gasteiger partial charge in [0.2, 0.25) is 0 Å². The van der Waals surface area contributed by atoms with Crippen LogP contribution in [0.25, 0.3) is 0 Å². The first-order valence-corrected chi connectivity index (χ1v) is 6.82. The molecule has 0 aromatic carbocycles. The van der Waals surface area contributed by atoms with E-state index in [-0.39, 0.29) is 11.7 Å². The molecule has 3 N–H and O–H groups in total. The monoisotopic (exact) mass is 318 g/mol. The number of amidine groups is 1. The molecule has 0 amide bonds. The number of hydrogen-bond acceptors (Lipinski definition) is 5. The van der Waals surface area contributed by atoms with Gasteiger partial charge in [-0.25, -0.2) is 4.39 Å². The van der Waals surface area contributed by atoms with Crippen molar-refractivity contribution in [1.29, 1.82) is 0 Å². The van der Waals surface area contributed by atoms with Gasteiger partial charge in [-0.3, -0.25) is 4.99 Å². The summed E-state index contributed by atoms with van der Waals surface area (Å²) in [4.78, 5) is 3.82. The number of aliphatic hydroxyl groups is 2. The smallest absolute Gasteiger partial charge is 0.388 e. The standard InChI is InChI=1S/C10H14F4N2O3S/c11-1-2-15-9-16-5-7(18)6(17)4(3-10(12,13)14)19-8(5)20-9/h4-8,17-18H,1-3H2,(H,15,16)/t4-,5-,6-,7-,8-/m1/s1. The zero-order valence-corrected chi connectivity index (χ0v) is 11.0. The molecule has 2 rings (SSSR count). The lowest BCUT2D eigenvalue weighted by Crippen LogP contribution is -2.59. The summed E-state index contributed by atoms with van der Waals surface area (Å²) in [6.45, 7) is -0.747. The highest BCUT2D eigenvalue weighted by Crippen LogP contribution is 2.37. The Balaban J connectivity index is 2.05. The van der Waals surface area contributed by atoms with Gasteiger partial charge in [0.15, 0.2) is 5.17 Å². The van der Waals surface area contributed by atoms with Gasteiger partial charge < -0.3 is 20.3 Å². The summed E-state index contributed by atoms with van der Waals surface area (Å²) in [6.07, 6.45) is -10.4. The second-order valence-electron chi connectivity index (χ2n) is 4.51. The number of halogens is 4. The van der Waals surface area contributed by atoms with Crippen LogP contribution in [-0.4, -0.2) is 64.6 Å². The maximum absolute atomic E-state index is 12.4. The normalized spacial score (nSPS) is 39.7. The van der Waals surface area contributed by atoms with Crippen molar-refractivity contribution in [3.05, 3.63) is 0 Å². The van der Waals surface area contributed by atoms with Crippen LogP contribution >= 0.6 is 11.8 Å². The lowest BCUT2D eigenvalue weighted by atomic mass is 9.96. The molecular formula is C10H14F4N2O3S. The fourth-order valence-corrected chi connectivity index (χ4v) is 3.26. The summed E-state index contributed by atoms with van der Waals surface area (Å²) in [5.41, 5.74) is -0.792. The van der Waals surface area contributed by atoms with Crippen molar-refractivity contribution in [1.82, 2.24) is 5.32 Å². The van der Waals surface area contributed by atoms with Crippen LogP contribution in [0.3, 0.4) is 0 Å². The lowest BCUT2D eigenvalue weighted by Gasteiger charge is -2.39. The molecule has 0 saturated carbocycles. The van der Waals surface area contributed by atoms with E-state index in [0.717, 1.165) is 11.8 Å². The van der Waals surface area contributed by atoms with Crippen LogP contribution in [0.2, 0.25) is 0 Å². The Hall–Kier alpha value is -0.580. The highest BCUT2D eigenvalue weighted by molar-refractivity contribution is 8.14. The van der Waals surface area contributed by atoms with Gasteiger partial charge in [-0.2, -0.15) is 13.2 Å². The van der Waals surface area contributed by atoms with Gasteiger partial charge in [-0.05, 0) is 0 Å². The van der Waals surface area contributed by atoms with E-state index in [1.165, 1.54) is 0 Å². The van der Waals surface area contributed by atoms with Crippen LogP contribution in [0.15, 0.2) is 4.99 Å². The van der Waals surface area contributed by atoms with E-state index in [0.29, 0.717) is 0 Å². The molecule has 0 aromatic heterocycles. The van der Waals surface area contributed by atoms with Crippen LogP contribution in [0, 0.1) is 0 Å². The quantitative estimate of drug-likeness (QED) is 0.658. The average molecular weight is 318 g/mol. The molecular weight excluding hydrogens is 304 g/mol. The largest absolute Gasteiger partial charge is 0.391 e. The van der Waals surface area contributed by atoms with E-state index in [1.807, 2.05) is 0 Å². The number of aliphatic imine (C=N–C) groups is 1. The molecule has 2 fully saturated rings. The average Bonchev–Trinajstić information content (AvgIpc) is 2.74. The predicted molar refractivity (Wildman–Crippen MR) is 64.1 cm³/mol. The number of hydrogen-bond donors (Lipinski definition) is 3. The zero-order valence-electron chi connectivity index (χ0n) is 10.2. The molecule has 0 aliphatic carbocycles. The Labute approximate surface area is 116 Å². The zero-order chi connectivity index (χ0) is 14.9. The van der Waals surface area contributed by atoms with E-state index < -0.39 is 49.1 Å². The minimum Gasteiger partial charge on any atom is -0.388 e. The van der Waals surface area contributed by atoms with E-state index in [9.17, 15) is 27.8 Å². The van der Waals surface area contributed by atoms with Gasteiger partial charge in [0.05, 0.1) is 25.1 Å². The second kappa shape index (κ2) is 6.04. The van der Waals surface area contributed by atoms with Gasteiger partial charge in [0.25, 0.3) is 0 Å². The van der Waals surface area contributed by atoms with E-state index in [4.69, 9.17) is 4.74 Å². The number of nitrogens with one attached hydrogen (secondary N) is 1. The fourth-order valence-electron chi connectivity index (χ4n) is 2.10. The third-order valence-corrected chi connectivity index (χ3v) is 4.10. The van der Waals surface area contributed by atoms with Gasteiger partial charge in [0, 0.05) is 0 Å². The molecule has 10 heteroatoms. The van der Waals surface area contributed by atoms with Crippen molar-refractivity contribution in [2.75, 3.05) is 13.2 Å². The number of fused-ring (bicyclic) bond motifs is 1. The number of thioether (sulfide) groups is 1. The van der Waals surface area contributed by atoms with E-state index >= 15 is 0 Å². The maximum Gasteiger partial charge on any atom is 0.391 e. The SMILES string of the molecule is O[C@H]1[C@H](O)[C@@H](CC(F)(F)F)O[C@@H]2SC(=NCCF)N[C@H]12. The predicted octanol–water partition coefficient (Wildman–Crippen LogP) is 0.416. The summed E-state index contributed by atoms with van der Waals surface area (Å²) in [5, 5.41) is 22.6. The number of nitrogens with zero attached hydrogens (tertiary/aromatic N) is 1. The molecule has 2 aliphatic heterocycles. The summed E-state index contributed by atoms with van der Waals surface area (Å²) >= 11 is 0.982. The molecule has 0 spiro atoms. The molecule has 0 bridgehead atoms. The number of aliphatic hydroxyl groups excluding tert-OH is 2. The van der Waals surface area contributed by atoms with Gasteiger partial charge in [-0.15, -0.1) is 0 Å². The first-order chi connectivity index (χ1) is 9.31. The Morgan fingerprint density at radius 1 is 1.30 bits per heavy atom. The van der Waals surface area contributed by atoms with Crippen molar-refractivity contribution < 1.29 is 32.5 Å². The molecule has 20 heavy (non-hydrogen) atoms. The molecule has 2 aliphatic rings. The molecule has 2 saturated heterocycles. The lowest BCUT2D eigenvalue weighted by molar-refractivity contribution is -0.211. The van der Waals surface area contributed by atoms with Crippen molar-refractivity contribution in [2.45, 2.75) is 42.4 Å². The van der Waals surface area contributed by atoms with E-state index in [2.05, 4.69) is 10.3 Å². The summed E-state index contributed by atoms with van der Waals surface area (Å²) in [5.74, 6) is 0. The fraction of sp³-hybridized carbons (Fsp3) is 0.900. The van der Waals surface area contributed by atoms with Crippen molar-refractivity contribution >= 4 is 16.9 Å². The van der Waals surface area contributed by atoms with Crippen LogP contribution < -0.4 is 5.32 Å². The van der Waals surface area contributed by atoms with Crippen LogP contribution in [0.1, 0.15) is 6.42 Å². The molecule has 5 nitrogen and oxygen atoms in total. The minimum absolute atomic E-state index is 0.0839. The maximum atomic E-state index is 12.4. The molecule has 0 unspecified atom stereocenters. The third-order valence-electron chi connectivity index (χ3n) is 2.99. The van der Waals surface area contributed by atoms with Crippen LogP contribution in [-0.2, 0) is 4.74 Å². The number of ether oxygens (including phenoxy) is 1. The number of alkyl halides is 4. The Morgan fingerprint density at radius 3 is 2.60 bits per heavy atom. The highest BCUT2D eigenvalue weighted by Gasteiger charge is 2.51. The topological polar surface area (TPSA) is 74.1 Å². The molecule has 0 aromatic rings. The summed E-state index contributed by atoms with van der Waals surface area (Å²) in [7, 11) is 0. The van der Waals surface area contributed by atoms with Crippen LogP contribution in [0.4, 0.5) is 17.6 Å². The van der Waals surface area contributed by atoms with E-state index in [1.54, 1.807) is 0 Å². The Bertz CT molecular complexity index is 382. The van der Waals surface area contributed by atoms with Crippen molar-refractivity contribution in [2.24, 2.45) is 4.99 Å². The first-order valence-electron chi connectivity index (χ1n) is 5.94. The first kappa shape index (κ1) is 15.8. The Kier molecular flexibility index (Phi) is 4.77. The number of rotatable bonds is 3. The van der Waals surface area contributed by atoms with Crippen molar-refractivity contribution in [3.8, 4) is 0 Å². The summed E-state index contributed by atoms with van der Waals surface area (Å²) < 4.78 is 54.3. The molecule has 116 valence electrons. The summed E-state index contributed by atoms with van der Waals surface area (Å²) in [6, 6.07) is -0.766. The molecule has 5 atom stereocenters. The minimum atomic E-state index is -4.50. The van der Waals surface area contributed by atoms with Gasteiger partial charge >= 0.3 is 6.18 Å².